The molecule has 4 N–H and O–H groups in total. The highest BCUT2D eigenvalue weighted by Crippen LogP contribution is 2.66. The van der Waals surface area contributed by atoms with Gasteiger partial charge in [-0.25, -0.2) is 15.0 Å². The van der Waals surface area contributed by atoms with Crippen molar-refractivity contribution in [1.29, 1.82) is 0 Å². The zero-order valence-corrected chi connectivity index (χ0v) is 32.3. The summed E-state index contributed by atoms with van der Waals surface area (Å²) in [7, 11) is 0. The van der Waals surface area contributed by atoms with E-state index < -0.39 is 11.3 Å². The third kappa shape index (κ3) is 5.04. The van der Waals surface area contributed by atoms with E-state index in [0.29, 0.717) is 11.6 Å². The number of nitrogens with zero attached hydrogens (tertiary/aromatic N) is 4. The maximum Gasteiger partial charge on any atom is 0.160 e. The number of aromatic nitrogens is 8. The number of benzene rings is 5. The molecule has 2 unspecified atom stereocenters. The van der Waals surface area contributed by atoms with Crippen LogP contribution in [0.5, 0.6) is 0 Å². The fraction of sp³-hybridized carbons (Fsp3) is 0.0385. The summed E-state index contributed by atoms with van der Waals surface area (Å²) in [5, 5.41) is 5.57. The summed E-state index contributed by atoms with van der Waals surface area (Å²) in [6.07, 6.45) is 9.67. The third-order valence-electron chi connectivity index (χ3n) is 12.2. The molecule has 60 heavy (non-hydrogen) atoms. The van der Waals surface area contributed by atoms with Gasteiger partial charge in [-0.1, -0.05) is 103 Å². The van der Waals surface area contributed by atoms with Crippen LogP contribution in [-0.4, -0.2) is 39.9 Å². The number of allylic oxidation sites excluding steroid dienone is 4. The van der Waals surface area contributed by atoms with Crippen molar-refractivity contribution in [1.82, 2.24) is 39.9 Å². The zero-order chi connectivity index (χ0) is 39.6. The van der Waals surface area contributed by atoms with E-state index in [0.717, 1.165) is 94.1 Å². The molecule has 0 saturated carbocycles. The van der Waals surface area contributed by atoms with E-state index in [1.165, 1.54) is 0 Å². The molecule has 8 nitrogen and oxygen atoms in total. The minimum Gasteiger partial charge on any atom is -0.364 e. The second-order valence-electron chi connectivity index (χ2n) is 15.3. The van der Waals surface area contributed by atoms with E-state index in [2.05, 4.69) is 160 Å². The van der Waals surface area contributed by atoms with Gasteiger partial charge in [-0.05, 0) is 87.3 Å². The molecule has 5 aromatic carbocycles. The molecule has 1 aliphatic rings. The van der Waals surface area contributed by atoms with Crippen molar-refractivity contribution in [3.63, 3.8) is 0 Å². The summed E-state index contributed by atoms with van der Waals surface area (Å²) < 4.78 is 0. The number of nitrogens with one attached hydrogen (secondary N) is 4. The topological polar surface area (TPSA) is 115 Å². The van der Waals surface area contributed by atoms with Crippen LogP contribution in [-0.2, 0) is 5.41 Å². The molecule has 2 atom stereocenters. The number of para-hydroxylation sites is 3. The van der Waals surface area contributed by atoms with Gasteiger partial charge in [0.15, 0.2) is 5.82 Å². The first-order chi connectivity index (χ1) is 29.8. The first-order valence-electron chi connectivity index (χ1n) is 20.2. The van der Waals surface area contributed by atoms with Crippen LogP contribution in [0, 0.1) is 0 Å². The fourth-order valence-electron chi connectivity index (χ4n) is 9.84. The fourth-order valence-corrected chi connectivity index (χ4v) is 9.84. The minimum atomic E-state index is -1.03. The van der Waals surface area contributed by atoms with Crippen LogP contribution in [0.15, 0.2) is 189 Å². The minimum absolute atomic E-state index is 0.441. The second kappa shape index (κ2) is 13.5. The smallest absolute Gasteiger partial charge is 0.160 e. The lowest BCUT2D eigenvalue weighted by molar-refractivity contribution is 0.564. The molecular weight excluding hydrogens is 737 g/mol. The summed E-state index contributed by atoms with van der Waals surface area (Å²) in [4.78, 5) is 36.5. The molecule has 8 heteroatoms. The SMILES string of the molecule is c1ccc(C2=C(c3ncccn3)C(c3nc4ccccc4[nH]3)=C(c3cccc4ccccc34)C(c3cc4ccccc4[nH]3)C2(c2ccc[nH]2)c2[nH]cc3ccccc23)nc1. The van der Waals surface area contributed by atoms with Gasteiger partial charge in [-0.3, -0.25) is 4.98 Å². The summed E-state index contributed by atoms with van der Waals surface area (Å²) in [5.74, 6) is 0.838. The van der Waals surface area contributed by atoms with Crippen molar-refractivity contribution in [3.05, 3.63) is 229 Å². The zero-order valence-electron chi connectivity index (χ0n) is 32.3. The number of pyridine rings is 1. The van der Waals surface area contributed by atoms with E-state index in [9.17, 15) is 0 Å². The Labute approximate surface area is 344 Å². The molecule has 0 fully saturated rings. The number of hydrogen-bond acceptors (Lipinski definition) is 4. The maximum absolute atomic E-state index is 5.44. The predicted molar refractivity (Wildman–Crippen MR) is 241 cm³/mol. The summed E-state index contributed by atoms with van der Waals surface area (Å²) >= 11 is 0. The lowest BCUT2D eigenvalue weighted by Gasteiger charge is -2.47. The van der Waals surface area contributed by atoms with Gasteiger partial charge in [0.1, 0.15) is 5.82 Å². The number of H-pyrrole nitrogens is 4. The molecule has 12 rings (SSSR count). The average Bonchev–Trinajstić information content (AvgIpc) is 4.15. The highest BCUT2D eigenvalue weighted by molar-refractivity contribution is 6.27. The second-order valence-corrected chi connectivity index (χ2v) is 15.3. The van der Waals surface area contributed by atoms with E-state index in [1.54, 1.807) is 0 Å². The summed E-state index contributed by atoms with van der Waals surface area (Å²) in [6.45, 7) is 0. The molecule has 0 saturated heterocycles. The Morgan fingerprint density at radius 2 is 1.27 bits per heavy atom. The summed E-state index contributed by atoms with van der Waals surface area (Å²) in [5.41, 5.74) is 10.4. The quantitative estimate of drug-likeness (QED) is 0.129. The Kier molecular flexibility index (Phi) is 7.65. The van der Waals surface area contributed by atoms with Crippen molar-refractivity contribution in [2.75, 3.05) is 0 Å². The Hall–Kier alpha value is -8.10. The predicted octanol–water partition coefficient (Wildman–Crippen LogP) is 11.5. The van der Waals surface area contributed by atoms with Crippen LogP contribution < -0.4 is 0 Å². The normalized spacial score (nSPS) is 17.1. The lowest BCUT2D eigenvalue weighted by Crippen LogP contribution is -2.42. The summed E-state index contributed by atoms with van der Waals surface area (Å²) in [6, 6.07) is 55.3. The lowest BCUT2D eigenvalue weighted by atomic mass is 9.54. The van der Waals surface area contributed by atoms with Gasteiger partial charge in [0.05, 0.1) is 22.1 Å². The van der Waals surface area contributed by atoms with Crippen LogP contribution >= 0.6 is 0 Å². The van der Waals surface area contributed by atoms with Crippen LogP contribution in [0.1, 0.15) is 45.9 Å². The molecule has 0 spiro atoms. The van der Waals surface area contributed by atoms with Crippen LogP contribution in [0.2, 0.25) is 0 Å². The van der Waals surface area contributed by atoms with Crippen molar-refractivity contribution >= 4 is 65.8 Å². The number of rotatable bonds is 7. The van der Waals surface area contributed by atoms with E-state index in [-0.39, 0.29) is 0 Å². The first-order valence-corrected chi connectivity index (χ1v) is 20.2. The monoisotopic (exact) mass is 772 g/mol. The van der Waals surface area contributed by atoms with Gasteiger partial charge in [-0.15, -0.1) is 0 Å². The van der Waals surface area contributed by atoms with E-state index in [1.807, 2.05) is 49.1 Å². The largest absolute Gasteiger partial charge is 0.364 e. The molecule has 0 aliphatic heterocycles. The number of aromatic amines is 4. The number of hydrogen-bond donors (Lipinski definition) is 4. The molecule has 0 radical (unpaired) electrons. The van der Waals surface area contributed by atoms with Crippen LogP contribution in [0.4, 0.5) is 0 Å². The molecule has 1 aliphatic carbocycles. The number of imidazole rings is 1. The Morgan fingerprint density at radius 3 is 2.07 bits per heavy atom. The van der Waals surface area contributed by atoms with Crippen molar-refractivity contribution in [2.24, 2.45) is 0 Å². The molecule has 284 valence electrons. The van der Waals surface area contributed by atoms with Crippen molar-refractivity contribution in [3.8, 4) is 0 Å². The maximum atomic E-state index is 5.44. The molecule has 6 heterocycles. The number of fused-ring (bicyclic) bond motifs is 4. The Bertz CT molecular complexity index is 3370. The van der Waals surface area contributed by atoms with Crippen LogP contribution in [0.25, 0.3) is 65.8 Å². The first kappa shape index (κ1) is 34.0. The molecule has 6 aromatic heterocycles. The van der Waals surface area contributed by atoms with E-state index in [4.69, 9.17) is 19.9 Å². The highest BCUT2D eigenvalue weighted by atomic mass is 14.9. The van der Waals surface area contributed by atoms with E-state index >= 15 is 0 Å². The Balaban J connectivity index is 1.40. The van der Waals surface area contributed by atoms with Crippen LogP contribution in [0.3, 0.4) is 0 Å². The average molecular weight is 773 g/mol. The van der Waals surface area contributed by atoms with Crippen molar-refractivity contribution in [2.45, 2.75) is 11.3 Å². The molecule has 0 bridgehead atoms. The highest BCUT2D eigenvalue weighted by Gasteiger charge is 2.57. The van der Waals surface area contributed by atoms with Gasteiger partial charge in [-0.2, -0.15) is 0 Å². The molecular formula is C52H36N8. The van der Waals surface area contributed by atoms with Gasteiger partial charge in [0.2, 0.25) is 0 Å². The van der Waals surface area contributed by atoms with Gasteiger partial charge in [0.25, 0.3) is 0 Å². The van der Waals surface area contributed by atoms with Crippen molar-refractivity contribution < 1.29 is 0 Å². The van der Waals surface area contributed by atoms with Gasteiger partial charge < -0.3 is 19.9 Å². The standard InChI is InChI=1S/C52H36N8/c1-4-18-35-32(14-1)17-11-20-37(35)44-45(51-59-39-22-7-8-23-40(39)60-51)46(50-55-28-13-29-56-50)47(41-24-9-10-26-53-41)52(43-25-12-27-54-43,49-36-19-5-2-16-34(36)31-57-49)48(44)42-30-33-15-3-6-21-38(33)58-42/h1-31,48,54,57-58H,(H,59,60). The van der Waals surface area contributed by atoms with Gasteiger partial charge >= 0.3 is 0 Å². The van der Waals surface area contributed by atoms with Gasteiger partial charge in [0, 0.05) is 81.6 Å². The molecule has 0 amide bonds. The molecule has 11 aromatic rings. The third-order valence-corrected chi connectivity index (χ3v) is 12.2. The Morgan fingerprint density at radius 1 is 0.533 bits per heavy atom.